The van der Waals surface area contributed by atoms with Gasteiger partial charge in [-0.3, -0.25) is 4.79 Å². The second-order valence-electron chi connectivity index (χ2n) is 8.23. The SMILES string of the molecule is CC(C)c1cc(C(=O)N2CCN(c3ccc([N+](=O)[O-])nc3)CC2)c(O)c(C(C)C)c1. The van der Waals surface area contributed by atoms with E-state index in [1.165, 1.54) is 12.3 Å². The van der Waals surface area contributed by atoms with Crippen LogP contribution in [0.5, 0.6) is 5.75 Å². The molecule has 1 saturated heterocycles. The lowest BCUT2D eigenvalue weighted by Crippen LogP contribution is -2.48. The Morgan fingerprint density at radius 3 is 2.27 bits per heavy atom. The van der Waals surface area contributed by atoms with Crippen molar-refractivity contribution in [2.75, 3.05) is 31.1 Å². The minimum Gasteiger partial charge on any atom is -0.507 e. The molecule has 0 spiro atoms. The van der Waals surface area contributed by atoms with Crippen LogP contribution in [-0.4, -0.2) is 52.0 Å². The standard InChI is InChI=1S/C22H28N4O4/c1-14(2)16-11-18(15(3)4)21(27)19(12-16)22(28)25-9-7-24(8-10-25)17-5-6-20(23-13-17)26(29)30/h5-6,11-15,27H,7-10H2,1-4H3. The van der Waals surface area contributed by atoms with Gasteiger partial charge in [0.25, 0.3) is 5.91 Å². The van der Waals surface area contributed by atoms with Gasteiger partial charge in [-0.2, -0.15) is 0 Å². The summed E-state index contributed by atoms with van der Waals surface area (Å²) in [6.07, 6.45) is 1.49. The van der Waals surface area contributed by atoms with Gasteiger partial charge in [0.05, 0.1) is 11.3 Å². The zero-order chi connectivity index (χ0) is 22.0. The van der Waals surface area contributed by atoms with Crippen LogP contribution >= 0.6 is 0 Å². The molecule has 1 aliphatic rings. The number of hydrogen-bond donors (Lipinski definition) is 1. The number of rotatable bonds is 5. The highest BCUT2D eigenvalue weighted by molar-refractivity contribution is 5.97. The van der Waals surface area contributed by atoms with Crippen molar-refractivity contribution in [1.82, 2.24) is 9.88 Å². The van der Waals surface area contributed by atoms with Crippen molar-refractivity contribution in [3.05, 3.63) is 57.3 Å². The number of carbonyl (C=O) groups excluding carboxylic acids is 1. The third-order valence-corrected chi connectivity index (χ3v) is 5.53. The number of carbonyl (C=O) groups is 1. The lowest BCUT2D eigenvalue weighted by molar-refractivity contribution is -0.389. The summed E-state index contributed by atoms with van der Waals surface area (Å²) in [6.45, 7) is 10.3. The van der Waals surface area contributed by atoms with Crippen molar-refractivity contribution in [2.24, 2.45) is 0 Å². The van der Waals surface area contributed by atoms with Gasteiger partial charge >= 0.3 is 5.82 Å². The fourth-order valence-electron chi connectivity index (χ4n) is 3.63. The molecule has 1 N–H and O–H groups in total. The Balaban J connectivity index is 1.76. The van der Waals surface area contributed by atoms with E-state index < -0.39 is 4.92 Å². The number of nitro groups is 1. The average Bonchev–Trinajstić information content (AvgIpc) is 2.73. The average molecular weight is 412 g/mol. The van der Waals surface area contributed by atoms with Gasteiger partial charge < -0.3 is 25.0 Å². The fraction of sp³-hybridized carbons (Fsp3) is 0.455. The number of phenols is 1. The van der Waals surface area contributed by atoms with Crippen LogP contribution in [0.25, 0.3) is 0 Å². The minimum atomic E-state index is -0.524. The highest BCUT2D eigenvalue weighted by Gasteiger charge is 2.27. The van der Waals surface area contributed by atoms with E-state index in [0.717, 1.165) is 16.8 Å². The summed E-state index contributed by atoms with van der Waals surface area (Å²) in [5.41, 5.74) is 2.98. The molecule has 0 bridgehead atoms. The smallest absolute Gasteiger partial charge is 0.363 e. The fourth-order valence-corrected chi connectivity index (χ4v) is 3.63. The Hall–Kier alpha value is -3.16. The minimum absolute atomic E-state index is 0.0707. The van der Waals surface area contributed by atoms with E-state index in [4.69, 9.17) is 0 Å². The molecule has 2 heterocycles. The molecule has 0 saturated carbocycles. The summed E-state index contributed by atoms with van der Waals surface area (Å²) in [7, 11) is 0. The molecule has 1 aromatic heterocycles. The lowest BCUT2D eigenvalue weighted by Gasteiger charge is -2.35. The maximum atomic E-state index is 13.2. The maximum absolute atomic E-state index is 13.2. The van der Waals surface area contributed by atoms with E-state index in [1.807, 2.05) is 24.8 Å². The van der Waals surface area contributed by atoms with E-state index in [0.29, 0.717) is 31.7 Å². The van der Waals surface area contributed by atoms with Crippen LogP contribution in [0, 0.1) is 10.1 Å². The number of nitrogens with zero attached hydrogens (tertiary/aromatic N) is 4. The Bertz CT molecular complexity index is 933. The largest absolute Gasteiger partial charge is 0.507 e. The molecular weight excluding hydrogens is 384 g/mol. The first-order valence-corrected chi connectivity index (χ1v) is 10.2. The number of piperazine rings is 1. The van der Waals surface area contributed by atoms with Crippen molar-refractivity contribution in [3.63, 3.8) is 0 Å². The van der Waals surface area contributed by atoms with Crippen LogP contribution in [-0.2, 0) is 0 Å². The van der Waals surface area contributed by atoms with Gasteiger partial charge in [0.15, 0.2) is 6.20 Å². The van der Waals surface area contributed by atoms with Gasteiger partial charge in [-0.05, 0) is 45.0 Å². The summed E-state index contributed by atoms with van der Waals surface area (Å²) < 4.78 is 0. The number of aromatic hydroxyl groups is 1. The predicted molar refractivity (Wildman–Crippen MR) is 115 cm³/mol. The van der Waals surface area contributed by atoms with E-state index in [-0.39, 0.29) is 29.3 Å². The van der Waals surface area contributed by atoms with Crippen LogP contribution in [0.2, 0.25) is 0 Å². The van der Waals surface area contributed by atoms with Crippen LogP contribution in [0.4, 0.5) is 11.5 Å². The first kappa shape index (κ1) is 21.5. The normalized spacial score (nSPS) is 14.5. The number of aromatic nitrogens is 1. The van der Waals surface area contributed by atoms with Gasteiger partial charge in [0.1, 0.15) is 5.75 Å². The van der Waals surface area contributed by atoms with E-state index >= 15 is 0 Å². The third-order valence-electron chi connectivity index (χ3n) is 5.53. The van der Waals surface area contributed by atoms with Crippen LogP contribution < -0.4 is 4.90 Å². The molecule has 0 atom stereocenters. The topological polar surface area (TPSA) is 99.8 Å². The molecule has 0 unspecified atom stereocenters. The molecule has 0 radical (unpaired) electrons. The van der Waals surface area contributed by atoms with Gasteiger partial charge in [-0.25, -0.2) is 0 Å². The Labute approximate surface area is 176 Å². The molecule has 0 aliphatic carbocycles. The molecule has 3 rings (SSSR count). The molecule has 160 valence electrons. The Morgan fingerprint density at radius 1 is 1.10 bits per heavy atom. The summed E-state index contributed by atoms with van der Waals surface area (Å²) >= 11 is 0. The summed E-state index contributed by atoms with van der Waals surface area (Å²) in [4.78, 5) is 31.1. The van der Waals surface area contributed by atoms with Gasteiger partial charge in [0, 0.05) is 32.2 Å². The van der Waals surface area contributed by atoms with E-state index in [9.17, 15) is 20.0 Å². The molecule has 1 aliphatic heterocycles. The van der Waals surface area contributed by atoms with Gasteiger partial charge in [0.2, 0.25) is 0 Å². The van der Waals surface area contributed by atoms with Crippen LogP contribution in [0.1, 0.15) is 61.0 Å². The first-order valence-electron chi connectivity index (χ1n) is 10.2. The van der Waals surface area contributed by atoms with Crippen molar-refractivity contribution in [1.29, 1.82) is 0 Å². The summed E-state index contributed by atoms with van der Waals surface area (Å²) in [6, 6.07) is 6.85. The predicted octanol–water partition coefficient (Wildman–Crippen LogP) is 3.90. The second kappa shape index (κ2) is 8.69. The van der Waals surface area contributed by atoms with E-state index in [2.05, 4.69) is 18.8 Å². The first-order chi connectivity index (χ1) is 14.2. The molecule has 1 fully saturated rings. The number of benzene rings is 1. The van der Waals surface area contributed by atoms with Crippen molar-refractivity contribution in [3.8, 4) is 5.75 Å². The van der Waals surface area contributed by atoms with E-state index in [1.54, 1.807) is 17.0 Å². The highest BCUT2D eigenvalue weighted by Crippen LogP contribution is 2.34. The lowest BCUT2D eigenvalue weighted by atomic mass is 9.91. The zero-order valence-corrected chi connectivity index (χ0v) is 17.8. The zero-order valence-electron chi connectivity index (χ0n) is 17.8. The summed E-state index contributed by atoms with van der Waals surface area (Å²) in [5.74, 6) is 0.0803. The molecule has 2 aromatic rings. The van der Waals surface area contributed by atoms with Crippen LogP contribution in [0.15, 0.2) is 30.5 Å². The molecule has 1 amide bonds. The molecule has 30 heavy (non-hydrogen) atoms. The summed E-state index contributed by atoms with van der Waals surface area (Å²) in [5, 5.41) is 21.5. The molecular formula is C22H28N4O4. The maximum Gasteiger partial charge on any atom is 0.363 e. The quantitative estimate of drug-likeness (QED) is 0.590. The highest BCUT2D eigenvalue weighted by atomic mass is 16.6. The molecule has 8 nitrogen and oxygen atoms in total. The number of hydrogen-bond acceptors (Lipinski definition) is 6. The van der Waals surface area contributed by atoms with Gasteiger partial charge in [-0.1, -0.05) is 33.8 Å². The van der Waals surface area contributed by atoms with Crippen molar-refractivity contribution < 1.29 is 14.8 Å². The monoisotopic (exact) mass is 412 g/mol. The Morgan fingerprint density at radius 2 is 1.77 bits per heavy atom. The molecule has 8 heteroatoms. The van der Waals surface area contributed by atoms with Gasteiger partial charge in [-0.15, -0.1) is 0 Å². The second-order valence-corrected chi connectivity index (χ2v) is 8.23. The number of anilines is 1. The third kappa shape index (κ3) is 4.37. The number of pyridine rings is 1. The number of amides is 1. The van der Waals surface area contributed by atoms with Crippen molar-refractivity contribution >= 4 is 17.4 Å². The van der Waals surface area contributed by atoms with Crippen molar-refractivity contribution in [2.45, 2.75) is 39.5 Å². The molecule has 1 aromatic carbocycles. The number of phenolic OH excluding ortho intramolecular Hbond substituents is 1. The van der Waals surface area contributed by atoms with Crippen LogP contribution in [0.3, 0.4) is 0 Å². The Kier molecular flexibility index (Phi) is 6.24.